The van der Waals surface area contributed by atoms with Crippen LogP contribution in [0.2, 0.25) is 0 Å². The van der Waals surface area contributed by atoms with Crippen LogP contribution in [0, 0.1) is 0 Å². The molecule has 0 spiro atoms. The Hall–Kier alpha value is -3.77. The molecule has 1 atom stereocenters. The van der Waals surface area contributed by atoms with Crippen molar-refractivity contribution in [3.05, 3.63) is 90.0 Å². The van der Waals surface area contributed by atoms with Crippen molar-refractivity contribution >= 4 is 46.1 Å². The van der Waals surface area contributed by atoms with E-state index in [1.807, 2.05) is 60.7 Å². The molecule has 2 N–H and O–H groups in total. The van der Waals surface area contributed by atoms with Crippen LogP contribution in [0.25, 0.3) is 28.6 Å². The van der Waals surface area contributed by atoms with Gasteiger partial charge >= 0.3 is 0 Å². The average molecular weight is 456 g/mol. The van der Waals surface area contributed by atoms with E-state index in [0.717, 1.165) is 34.3 Å². The number of carbonyl (C=O) groups excluding carboxylic acids is 1. The van der Waals surface area contributed by atoms with E-state index in [4.69, 9.17) is 16.6 Å². The van der Waals surface area contributed by atoms with Gasteiger partial charge in [-0.1, -0.05) is 50.2 Å². The molecule has 1 aromatic heterocycles. The Morgan fingerprint density at radius 1 is 1.09 bits per heavy atom. The Bertz CT molecular complexity index is 1290. The fourth-order valence-electron chi connectivity index (χ4n) is 3.36. The van der Waals surface area contributed by atoms with Crippen molar-refractivity contribution in [2.24, 2.45) is 0 Å². The molecule has 1 heterocycles. The van der Waals surface area contributed by atoms with E-state index in [2.05, 4.69) is 41.6 Å². The minimum absolute atomic E-state index is 0.227. The third-order valence-electron chi connectivity index (χ3n) is 5.45. The zero-order valence-electron chi connectivity index (χ0n) is 18.5. The molecule has 0 aliphatic carbocycles. The van der Waals surface area contributed by atoms with Gasteiger partial charge in [-0.25, -0.2) is 4.98 Å². The first-order chi connectivity index (χ1) is 16.0. The van der Waals surface area contributed by atoms with E-state index < -0.39 is 0 Å². The minimum Gasteiger partial charge on any atom is -0.436 e. The van der Waals surface area contributed by atoms with Crippen LogP contribution in [0.1, 0.15) is 37.3 Å². The van der Waals surface area contributed by atoms with Crippen molar-refractivity contribution in [2.45, 2.75) is 26.2 Å². The Balaban J connectivity index is 1.38. The maximum absolute atomic E-state index is 12.1. The van der Waals surface area contributed by atoms with Crippen LogP contribution in [-0.2, 0) is 4.79 Å². The molecule has 0 aliphatic rings. The van der Waals surface area contributed by atoms with Gasteiger partial charge in [-0.05, 0) is 78.2 Å². The molecule has 5 nitrogen and oxygen atoms in total. The number of amides is 1. The number of benzene rings is 3. The van der Waals surface area contributed by atoms with Gasteiger partial charge in [0, 0.05) is 17.3 Å². The highest BCUT2D eigenvalue weighted by molar-refractivity contribution is 7.80. The van der Waals surface area contributed by atoms with Gasteiger partial charge in [0.15, 0.2) is 10.7 Å². The summed E-state index contributed by atoms with van der Waals surface area (Å²) in [4.78, 5) is 16.7. The number of rotatable bonds is 6. The average Bonchev–Trinajstić information content (AvgIpc) is 3.26. The number of thiocarbonyl (C=S) groups is 1. The van der Waals surface area contributed by atoms with Crippen molar-refractivity contribution in [2.75, 3.05) is 5.32 Å². The molecule has 166 valence electrons. The number of aromatic nitrogens is 1. The zero-order chi connectivity index (χ0) is 23.2. The van der Waals surface area contributed by atoms with Crippen molar-refractivity contribution in [3.63, 3.8) is 0 Å². The Kier molecular flexibility index (Phi) is 6.95. The summed E-state index contributed by atoms with van der Waals surface area (Å²) >= 11 is 5.25. The fourth-order valence-corrected chi connectivity index (χ4v) is 3.58. The number of fused-ring (bicyclic) bond motifs is 1. The summed E-state index contributed by atoms with van der Waals surface area (Å²) in [6.45, 7) is 4.39. The van der Waals surface area contributed by atoms with Crippen LogP contribution in [0.15, 0.2) is 83.3 Å². The Labute approximate surface area is 198 Å². The Morgan fingerprint density at radius 3 is 2.58 bits per heavy atom. The van der Waals surface area contributed by atoms with Gasteiger partial charge in [0.05, 0.1) is 0 Å². The van der Waals surface area contributed by atoms with Gasteiger partial charge in [-0.15, -0.1) is 0 Å². The van der Waals surface area contributed by atoms with Crippen LogP contribution in [0.4, 0.5) is 5.69 Å². The van der Waals surface area contributed by atoms with Crippen molar-refractivity contribution in [1.82, 2.24) is 10.3 Å². The minimum atomic E-state index is -0.295. The SMILES string of the molecule is CC[C@H](C)c1ccc2oc(-c3ccc(NC(=S)NC(=O)/C=C/c4ccccc4)cc3)nc2c1. The van der Waals surface area contributed by atoms with Gasteiger partial charge in [0.1, 0.15) is 5.52 Å². The number of nitrogens with zero attached hydrogens (tertiary/aromatic N) is 1. The van der Waals surface area contributed by atoms with Crippen molar-refractivity contribution < 1.29 is 9.21 Å². The number of nitrogens with one attached hydrogen (secondary N) is 2. The lowest BCUT2D eigenvalue weighted by molar-refractivity contribution is -0.115. The molecule has 0 saturated carbocycles. The van der Waals surface area contributed by atoms with E-state index >= 15 is 0 Å². The van der Waals surface area contributed by atoms with Crippen LogP contribution in [0.5, 0.6) is 0 Å². The van der Waals surface area contributed by atoms with Crippen LogP contribution < -0.4 is 10.6 Å². The van der Waals surface area contributed by atoms with Crippen LogP contribution in [-0.4, -0.2) is 16.0 Å². The fraction of sp³-hybridized carbons (Fsp3) is 0.148. The molecule has 3 aromatic carbocycles. The smallest absolute Gasteiger partial charge is 0.250 e. The summed E-state index contributed by atoms with van der Waals surface area (Å²) in [7, 11) is 0. The van der Waals surface area contributed by atoms with E-state index in [9.17, 15) is 4.79 Å². The molecule has 4 rings (SSSR count). The largest absolute Gasteiger partial charge is 0.436 e. The summed E-state index contributed by atoms with van der Waals surface area (Å²) in [6, 6.07) is 23.3. The highest BCUT2D eigenvalue weighted by Crippen LogP contribution is 2.28. The Morgan fingerprint density at radius 2 is 1.85 bits per heavy atom. The molecule has 0 aliphatic heterocycles. The van der Waals surface area contributed by atoms with Crippen molar-refractivity contribution in [1.29, 1.82) is 0 Å². The first-order valence-electron chi connectivity index (χ1n) is 10.9. The highest BCUT2D eigenvalue weighted by atomic mass is 32.1. The van der Waals surface area contributed by atoms with Crippen molar-refractivity contribution in [3.8, 4) is 11.5 Å². The normalized spacial score (nSPS) is 12.1. The quantitative estimate of drug-likeness (QED) is 0.255. The summed E-state index contributed by atoms with van der Waals surface area (Å²) in [5.74, 6) is 0.758. The first-order valence-corrected chi connectivity index (χ1v) is 11.3. The molecule has 33 heavy (non-hydrogen) atoms. The molecule has 0 radical (unpaired) electrons. The maximum atomic E-state index is 12.1. The number of hydrogen-bond donors (Lipinski definition) is 2. The molecule has 0 unspecified atom stereocenters. The van der Waals surface area contributed by atoms with E-state index in [1.54, 1.807) is 6.08 Å². The number of anilines is 1. The lowest BCUT2D eigenvalue weighted by Crippen LogP contribution is -2.32. The first kappa shape index (κ1) is 22.4. The standard InChI is InChI=1S/C27H25N3O2S/c1-3-18(2)21-12-15-24-23(17-21)29-26(32-24)20-10-13-22(14-11-20)28-27(33)30-25(31)16-9-19-7-5-4-6-8-19/h4-18H,3H2,1-2H3,(H2,28,30,31,33)/b16-9+/t18-/m0/s1. The zero-order valence-corrected chi connectivity index (χ0v) is 19.4. The predicted molar refractivity (Wildman–Crippen MR) is 138 cm³/mol. The number of oxazole rings is 1. The van der Waals surface area contributed by atoms with Gasteiger partial charge in [-0.3, -0.25) is 10.1 Å². The molecule has 1 amide bonds. The summed E-state index contributed by atoms with van der Waals surface area (Å²) in [5, 5.41) is 5.89. The second-order valence-corrected chi connectivity index (χ2v) is 8.23. The second-order valence-electron chi connectivity index (χ2n) is 7.82. The monoisotopic (exact) mass is 455 g/mol. The molecule has 0 bridgehead atoms. The van der Waals surface area contributed by atoms with Gasteiger partial charge in [0.25, 0.3) is 0 Å². The number of carbonyl (C=O) groups is 1. The second kappa shape index (κ2) is 10.2. The van der Waals surface area contributed by atoms with Gasteiger partial charge < -0.3 is 9.73 Å². The van der Waals surface area contributed by atoms with Gasteiger partial charge in [-0.2, -0.15) is 0 Å². The maximum Gasteiger partial charge on any atom is 0.250 e. The molecular formula is C27H25N3O2S. The van der Waals surface area contributed by atoms with E-state index in [0.29, 0.717) is 11.8 Å². The summed E-state index contributed by atoms with van der Waals surface area (Å²) in [6.07, 6.45) is 4.27. The predicted octanol–water partition coefficient (Wildman–Crippen LogP) is 6.53. The van der Waals surface area contributed by atoms with E-state index in [1.165, 1.54) is 11.6 Å². The van der Waals surface area contributed by atoms with Gasteiger partial charge in [0.2, 0.25) is 11.8 Å². The van der Waals surface area contributed by atoms with Crippen LogP contribution in [0.3, 0.4) is 0 Å². The molecule has 4 aromatic rings. The summed E-state index contributed by atoms with van der Waals surface area (Å²) in [5.41, 5.74) is 5.45. The molecule has 0 saturated heterocycles. The molecular weight excluding hydrogens is 430 g/mol. The molecule has 0 fully saturated rings. The lowest BCUT2D eigenvalue weighted by Gasteiger charge is -2.08. The molecule has 6 heteroatoms. The topological polar surface area (TPSA) is 67.2 Å². The lowest BCUT2D eigenvalue weighted by atomic mass is 9.98. The third kappa shape index (κ3) is 5.73. The number of hydrogen-bond acceptors (Lipinski definition) is 4. The third-order valence-corrected chi connectivity index (χ3v) is 5.65. The van der Waals surface area contributed by atoms with E-state index in [-0.39, 0.29) is 11.0 Å². The highest BCUT2D eigenvalue weighted by Gasteiger charge is 2.11. The summed E-state index contributed by atoms with van der Waals surface area (Å²) < 4.78 is 5.94. The van der Waals surface area contributed by atoms with Crippen LogP contribution >= 0.6 is 12.2 Å².